The highest BCUT2D eigenvalue weighted by molar-refractivity contribution is 5.91. The van der Waals surface area contributed by atoms with E-state index in [-0.39, 0.29) is 11.8 Å². The molecule has 2 bridgehead atoms. The molecule has 2 atom stereocenters. The molecule has 0 radical (unpaired) electrons. The third-order valence-corrected chi connectivity index (χ3v) is 5.40. The Morgan fingerprint density at radius 1 is 1.20 bits per heavy atom. The van der Waals surface area contributed by atoms with Crippen LogP contribution in [0.5, 0.6) is 0 Å². The van der Waals surface area contributed by atoms with Crippen molar-refractivity contribution in [2.24, 2.45) is 5.92 Å². The predicted octanol–water partition coefficient (Wildman–Crippen LogP) is 4.60. The van der Waals surface area contributed by atoms with Crippen molar-refractivity contribution in [2.75, 3.05) is 5.32 Å². The Balaban J connectivity index is 1.54. The highest BCUT2D eigenvalue weighted by Crippen LogP contribution is 2.41. The zero-order valence-electron chi connectivity index (χ0n) is 14.5. The summed E-state index contributed by atoms with van der Waals surface area (Å²) in [6.45, 7) is 4.21. The van der Waals surface area contributed by atoms with Crippen LogP contribution in [-0.4, -0.2) is 28.0 Å². The molecule has 1 N–H and O–H groups in total. The molecule has 0 spiro atoms. The number of pyridine rings is 1. The number of fused-ring (bicyclic) bond motifs is 2. The lowest BCUT2D eigenvalue weighted by atomic mass is 9.74. The van der Waals surface area contributed by atoms with Crippen molar-refractivity contribution in [2.45, 2.75) is 45.2 Å². The first kappa shape index (κ1) is 16.1. The molecule has 0 aliphatic carbocycles. The van der Waals surface area contributed by atoms with Crippen LogP contribution < -0.4 is 5.32 Å². The van der Waals surface area contributed by atoms with Crippen molar-refractivity contribution in [1.82, 2.24) is 9.88 Å². The molecule has 25 heavy (non-hydrogen) atoms. The maximum atomic E-state index is 13.5. The third kappa shape index (κ3) is 2.99. The molecule has 2 saturated heterocycles. The average molecular weight is 339 g/mol. The van der Waals surface area contributed by atoms with Crippen LogP contribution in [0.15, 0.2) is 36.5 Å². The van der Waals surface area contributed by atoms with Gasteiger partial charge in [0.25, 0.3) is 0 Å². The molecule has 1 aromatic heterocycles. The summed E-state index contributed by atoms with van der Waals surface area (Å²) in [5.41, 5.74) is 3.11. The van der Waals surface area contributed by atoms with Gasteiger partial charge in [0.1, 0.15) is 5.82 Å². The first-order valence-electron chi connectivity index (χ1n) is 8.83. The molecule has 3 heterocycles. The number of carbonyl (C=O) groups is 1. The second-order valence-electron chi connectivity index (χ2n) is 7.35. The number of hydrogen-bond acceptors (Lipinski definition) is 2. The number of aromatic nitrogens is 1. The number of halogens is 1. The summed E-state index contributed by atoms with van der Waals surface area (Å²) >= 11 is 0. The first-order valence-corrected chi connectivity index (χ1v) is 8.83. The van der Waals surface area contributed by atoms with Crippen LogP contribution in [-0.2, 0) is 0 Å². The third-order valence-electron chi connectivity index (χ3n) is 5.40. The summed E-state index contributed by atoms with van der Waals surface area (Å²) in [6, 6.07) is 9.14. The molecular weight excluding hydrogens is 317 g/mol. The van der Waals surface area contributed by atoms with Gasteiger partial charge in [-0.1, -0.05) is 13.0 Å². The first-order chi connectivity index (χ1) is 12.0. The maximum Gasteiger partial charge on any atom is 0.322 e. The summed E-state index contributed by atoms with van der Waals surface area (Å²) in [5.74, 6) is 0.388. The number of carbonyl (C=O) groups excluding carboxylic acids is 1. The predicted molar refractivity (Wildman–Crippen MR) is 95.8 cm³/mol. The van der Waals surface area contributed by atoms with E-state index < -0.39 is 0 Å². The second kappa shape index (κ2) is 6.14. The quantitative estimate of drug-likeness (QED) is 0.869. The Morgan fingerprint density at radius 3 is 2.68 bits per heavy atom. The van der Waals surface area contributed by atoms with E-state index >= 15 is 0 Å². The van der Waals surface area contributed by atoms with Gasteiger partial charge in [-0.05, 0) is 55.9 Å². The van der Waals surface area contributed by atoms with Crippen molar-refractivity contribution < 1.29 is 9.18 Å². The molecule has 2 aliphatic heterocycles. The Kier molecular flexibility index (Phi) is 3.94. The molecule has 0 saturated carbocycles. The van der Waals surface area contributed by atoms with Gasteiger partial charge in [0.05, 0.1) is 5.69 Å². The standard InChI is InChI=1S/C20H22FN3O/c1-12-7-16-11-17(8-12)24(16)20(25)23-15-4-3-13(2)18(10-15)19-9-14(21)5-6-22-19/h3-6,9-10,12,16-17H,7-8,11H2,1-2H3,(H,23,25). The Bertz CT molecular complexity index is 810. The summed E-state index contributed by atoms with van der Waals surface area (Å²) in [6.07, 6.45) is 4.77. The smallest absolute Gasteiger partial charge is 0.318 e. The summed E-state index contributed by atoms with van der Waals surface area (Å²) in [5, 5.41) is 3.00. The largest absolute Gasteiger partial charge is 0.322 e. The Labute approximate surface area is 147 Å². The molecule has 2 unspecified atom stereocenters. The fourth-order valence-electron chi connectivity index (χ4n) is 4.19. The van der Waals surface area contributed by atoms with Gasteiger partial charge in [0, 0.05) is 35.6 Å². The molecule has 2 aliphatic rings. The van der Waals surface area contributed by atoms with Crippen molar-refractivity contribution in [3.8, 4) is 11.3 Å². The van der Waals surface area contributed by atoms with Gasteiger partial charge >= 0.3 is 6.03 Å². The normalized spacial score (nSPS) is 24.6. The monoisotopic (exact) mass is 339 g/mol. The number of urea groups is 1. The molecule has 2 fully saturated rings. The Morgan fingerprint density at radius 2 is 1.96 bits per heavy atom. The van der Waals surface area contributed by atoms with Crippen molar-refractivity contribution in [3.63, 3.8) is 0 Å². The van der Waals surface area contributed by atoms with E-state index in [1.165, 1.54) is 18.3 Å². The average Bonchev–Trinajstić information content (AvgIpc) is 2.56. The van der Waals surface area contributed by atoms with E-state index in [0.29, 0.717) is 23.7 Å². The van der Waals surface area contributed by atoms with Gasteiger partial charge in [-0.25, -0.2) is 9.18 Å². The number of piperidine rings is 1. The molecule has 2 amide bonds. The molecular formula is C20H22FN3O. The fraction of sp³-hybridized carbons (Fsp3) is 0.400. The minimum absolute atomic E-state index is 0.0323. The van der Waals surface area contributed by atoms with Gasteiger partial charge in [-0.2, -0.15) is 0 Å². The van der Waals surface area contributed by atoms with Crippen molar-refractivity contribution in [1.29, 1.82) is 0 Å². The van der Waals surface area contributed by atoms with Gasteiger partial charge < -0.3 is 10.2 Å². The van der Waals surface area contributed by atoms with Gasteiger partial charge in [0.15, 0.2) is 0 Å². The SMILES string of the molecule is Cc1ccc(NC(=O)N2C3CC(C)CC2C3)cc1-c1cc(F)ccn1. The second-order valence-corrected chi connectivity index (χ2v) is 7.35. The zero-order chi connectivity index (χ0) is 17.6. The van der Waals surface area contributed by atoms with Crippen molar-refractivity contribution >= 4 is 11.7 Å². The summed E-state index contributed by atoms with van der Waals surface area (Å²) in [7, 11) is 0. The number of hydrogen-bond donors (Lipinski definition) is 1. The highest BCUT2D eigenvalue weighted by Gasteiger charge is 2.46. The van der Waals surface area contributed by atoms with E-state index in [1.54, 1.807) is 0 Å². The van der Waals surface area contributed by atoms with Crippen LogP contribution in [0.4, 0.5) is 14.9 Å². The van der Waals surface area contributed by atoms with Crippen LogP contribution in [0.25, 0.3) is 11.3 Å². The molecule has 1 aromatic carbocycles. The number of rotatable bonds is 2. The molecule has 4 rings (SSSR count). The number of nitrogens with one attached hydrogen (secondary N) is 1. The van der Waals surface area contributed by atoms with Gasteiger partial charge in [-0.3, -0.25) is 4.98 Å². The van der Waals surface area contributed by atoms with Gasteiger partial charge in [-0.15, -0.1) is 0 Å². The van der Waals surface area contributed by atoms with Crippen molar-refractivity contribution in [3.05, 3.63) is 47.9 Å². The van der Waals surface area contributed by atoms with E-state index in [0.717, 1.165) is 36.1 Å². The van der Waals surface area contributed by atoms with Gasteiger partial charge in [0.2, 0.25) is 0 Å². The van der Waals surface area contributed by atoms with Crippen LogP contribution in [0.2, 0.25) is 0 Å². The maximum absolute atomic E-state index is 13.5. The number of anilines is 1. The molecule has 130 valence electrons. The molecule has 5 heteroatoms. The van der Waals surface area contributed by atoms with E-state index in [4.69, 9.17) is 0 Å². The van der Waals surface area contributed by atoms with Crippen LogP contribution in [0.3, 0.4) is 0 Å². The summed E-state index contributed by atoms with van der Waals surface area (Å²) in [4.78, 5) is 18.9. The number of aryl methyl sites for hydroxylation is 1. The van der Waals surface area contributed by atoms with Crippen LogP contribution in [0, 0.1) is 18.7 Å². The van der Waals surface area contributed by atoms with E-state index in [1.807, 2.05) is 30.0 Å². The lowest BCUT2D eigenvalue weighted by molar-refractivity contribution is -0.00600. The van der Waals surface area contributed by atoms with E-state index in [2.05, 4.69) is 17.2 Å². The Hall–Kier alpha value is -2.43. The lowest BCUT2D eigenvalue weighted by Gasteiger charge is -2.54. The van der Waals surface area contributed by atoms with E-state index in [9.17, 15) is 9.18 Å². The fourth-order valence-corrected chi connectivity index (χ4v) is 4.19. The molecule has 4 nitrogen and oxygen atoms in total. The number of nitrogens with zero attached hydrogens (tertiary/aromatic N) is 2. The number of benzene rings is 1. The topological polar surface area (TPSA) is 45.2 Å². The summed E-state index contributed by atoms with van der Waals surface area (Å²) < 4.78 is 13.5. The highest BCUT2D eigenvalue weighted by atomic mass is 19.1. The minimum atomic E-state index is -0.318. The molecule has 2 aromatic rings. The minimum Gasteiger partial charge on any atom is -0.318 e. The lowest BCUT2D eigenvalue weighted by Crippen LogP contribution is -2.63. The number of amides is 2. The zero-order valence-corrected chi connectivity index (χ0v) is 14.5. The van der Waals surface area contributed by atoms with Crippen LogP contribution >= 0.6 is 0 Å². The van der Waals surface area contributed by atoms with Crippen LogP contribution in [0.1, 0.15) is 31.7 Å².